The second-order valence-electron chi connectivity index (χ2n) is 4.49. The van der Waals surface area contributed by atoms with Crippen molar-refractivity contribution in [2.45, 2.75) is 12.2 Å². The fraction of sp³-hybridized carbons (Fsp3) is 0.250. The molecule has 0 atom stereocenters. The van der Waals surface area contributed by atoms with Gasteiger partial charge < -0.3 is 9.47 Å². The lowest BCUT2D eigenvalue weighted by atomic mass is 9.82. The molecule has 0 saturated heterocycles. The standard InChI is InChI=1S/C16H16O2/c1-17-15-11-7-3-5-9-13(11)16(18-2)14-10-6-4-8-12(14)15/h3-10,15-16H,1-2H3/t15-,16-. The van der Waals surface area contributed by atoms with E-state index in [1.807, 2.05) is 24.3 Å². The average molecular weight is 240 g/mol. The van der Waals surface area contributed by atoms with Crippen LogP contribution in [-0.4, -0.2) is 14.2 Å². The van der Waals surface area contributed by atoms with Gasteiger partial charge in [-0.2, -0.15) is 0 Å². The molecule has 1 aliphatic carbocycles. The molecule has 0 amide bonds. The Hall–Kier alpha value is -1.64. The van der Waals surface area contributed by atoms with Gasteiger partial charge >= 0.3 is 0 Å². The van der Waals surface area contributed by atoms with Crippen LogP contribution < -0.4 is 0 Å². The maximum absolute atomic E-state index is 5.68. The number of benzene rings is 2. The third kappa shape index (κ3) is 1.57. The first-order chi connectivity index (χ1) is 8.86. The van der Waals surface area contributed by atoms with Gasteiger partial charge in [-0.3, -0.25) is 0 Å². The molecule has 2 nitrogen and oxygen atoms in total. The van der Waals surface area contributed by atoms with E-state index in [1.165, 1.54) is 22.3 Å². The summed E-state index contributed by atoms with van der Waals surface area (Å²) in [4.78, 5) is 0. The van der Waals surface area contributed by atoms with E-state index < -0.39 is 0 Å². The summed E-state index contributed by atoms with van der Waals surface area (Å²) < 4.78 is 11.4. The topological polar surface area (TPSA) is 18.5 Å². The monoisotopic (exact) mass is 240 g/mol. The van der Waals surface area contributed by atoms with Gasteiger partial charge in [0.1, 0.15) is 12.2 Å². The summed E-state index contributed by atoms with van der Waals surface area (Å²) in [6, 6.07) is 16.7. The molecule has 0 N–H and O–H groups in total. The quantitative estimate of drug-likeness (QED) is 0.800. The summed E-state index contributed by atoms with van der Waals surface area (Å²) in [7, 11) is 3.51. The van der Waals surface area contributed by atoms with Crippen molar-refractivity contribution in [1.29, 1.82) is 0 Å². The first-order valence-corrected chi connectivity index (χ1v) is 6.10. The van der Waals surface area contributed by atoms with E-state index in [0.29, 0.717) is 0 Å². The molecule has 0 radical (unpaired) electrons. The maximum Gasteiger partial charge on any atom is 0.108 e. The molecule has 0 bridgehead atoms. The third-order valence-electron chi connectivity index (χ3n) is 3.59. The molecule has 0 aliphatic heterocycles. The molecule has 2 heteroatoms. The smallest absolute Gasteiger partial charge is 0.108 e. The highest BCUT2D eigenvalue weighted by molar-refractivity contribution is 5.50. The van der Waals surface area contributed by atoms with Crippen LogP contribution in [0.15, 0.2) is 48.5 Å². The molecule has 3 rings (SSSR count). The van der Waals surface area contributed by atoms with Crippen LogP contribution in [0.4, 0.5) is 0 Å². The van der Waals surface area contributed by atoms with Crippen molar-refractivity contribution >= 4 is 0 Å². The molecule has 18 heavy (non-hydrogen) atoms. The van der Waals surface area contributed by atoms with E-state index in [0.717, 1.165) is 0 Å². The Morgan fingerprint density at radius 1 is 0.611 bits per heavy atom. The average Bonchev–Trinajstić information content (AvgIpc) is 2.44. The number of ether oxygens (including phenoxy) is 2. The van der Waals surface area contributed by atoms with Crippen LogP contribution in [0.25, 0.3) is 0 Å². The summed E-state index contributed by atoms with van der Waals surface area (Å²) >= 11 is 0. The van der Waals surface area contributed by atoms with E-state index >= 15 is 0 Å². The van der Waals surface area contributed by atoms with Crippen LogP contribution >= 0.6 is 0 Å². The zero-order valence-electron chi connectivity index (χ0n) is 10.6. The fourth-order valence-corrected chi connectivity index (χ4v) is 2.82. The van der Waals surface area contributed by atoms with Crippen LogP contribution in [0.1, 0.15) is 34.5 Å². The van der Waals surface area contributed by atoms with Gasteiger partial charge in [-0.1, -0.05) is 48.5 Å². The largest absolute Gasteiger partial charge is 0.372 e. The molecule has 2 aromatic rings. The first kappa shape index (κ1) is 11.5. The first-order valence-electron chi connectivity index (χ1n) is 6.10. The lowest BCUT2D eigenvalue weighted by Crippen LogP contribution is -2.20. The summed E-state index contributed by atoms with van der Waals surface area (Å²) in [5.74, 6) is 0. The number of hydrogen-bond acceptors (Lipinski definition) is 2. The van der Waals surface area contributed by atoms with Crippen molar-refractivity contribution in [2.24, 2.45) is 0 Å². The summed E-state index contributed by atoms with van der Waals surface area (Å²) in [6.07, 6.45) is 0.00704. The van der Waals surface area contributed by atoms with Crippen LogP contribution in [0, 0.1) is 0 Å². The Labute approximate surface area is 107 Å². The fourth-order valence-electron chi connectivity index (χ4n) is 2.82. The number of hydrogen-bond donors (Lipinski definition) is 0. The van der Waals surface area contributed by atoms with Crippen molar-refractivity contribution in [2.75, 3.05) is 14.2 Å². The minimum Gasteiger partial charge on any atom is -0.372 e. The molecule has 0 saturated carbocycles. The third-order valence-corrected chi connectivity index (χ3v) is 3.59. The molecule has 92 valence electrons. The Morgan fingerprint density at radius 2 is 0.889 bits per heavy atom. The molecular formula is C16H16O2. The van der Waals surface area contributed by atoms with E-state index in [9.17, 15) is 0 Å². The highest BCUT2D eigenvalue weighted by Crippen LogP contribution is 2.43. The SMILES string of the molecule is CO[C@H]1c2ccccc2[C@H](OC)c2ccccc21. The molecular weight excluding hydrogens is 224 g/mol. The molecule has 0 aromatic heterocycles. The van der Waals surface area contributed by atoms with E-state index in [2.05, 4.69) is 24.3 Å². The van der Waals surface area contributed by atoms with Crippen molar-refractivity contribution in [3.8, 4) is 0 Å². The Bertz CT molecular complexity index is 465. The molecule has 0 fully saturated rings. The van der Waals surface area contributed by atoms with Gasteiger partial charge in [-0.15, -0.1) is 0 Å². The number of methoxy groups -OCH3 is 2. The summed E-state index contributed by atoms with van der Waals surface area (Å²) in [5, 5.41) is 0. The molecule has 2 aromatic carbocycles. The molecule has 1 aliphatic rings. The minimum absolute atomic E-state index is 0.00352. The molecule has 0 spiro atoms. The van der Waals surface area contributed by atoms with Gasteiger partial charge in [0.15, 0.2) is 0 Å². The van der Waals surface area contributed by atoms with Gasteiger partial charge in [0.25, 0.3) is 0 Å². The number of fused-ring (bicyclic) bond motifs is 2. The lowest BCUT2D eigenvalue weighted by molar-refractivity contribution is 0.0991. The second kappa shape index (κ2) is 4.56. The zero-order valence-corrected chi connectivity index (χ0v) is 10.6. The Kier molecular flexibility index (Phi) is 2.90. The zero-order chi connectivity index (χ0) is 12.5. The predicted octanol–water partition coefficient (Wildman–Crippen LogP) is 3.47. The van der Waals surface area contributed by atoms with Crippen molar-refractivity contribution in [3.63, 3.8) is 0 Å². The highest BCUT2D eigenvalue weighted by atomic mass is 16.5. The van der Waals surface area contributed by atoms with Gasteiger partial charge in [-0.25, -0.2) is 0 Å². The summed E-state index contributed by atoms with van der Waals surface area (Å²) in [6.45, 7) is 0. The van der Waals surface area contributed by atoms with Gasteiger partial charge in [0.2, 0.25) is 0 Å². The van der Waals surface area contributed by atoms with Gasteiger partial charge in [0.05, 0.1) is 0 Å². The van der Waals surface area contributed by atoms with E-state index in [4.69, 9.17) is 9.47 Å². The van der Waals surface area contributed by atoms with Crippen LogP contribution in [-0.2, 0) is 9.47 Å². The predicted molar refractivity (Wildman–Crippen MR) is 70.6 cm³/mol. The highest BCUT2D eigenvalue weighted by Gasteiger charge is 2.31. The minimum atomic E-state index is 0.00352. The second-order valence-corrected chi connectivity index (χ2v) is 4.49. The van der Waals surface area contributed by atoms with Gasteiger partial charge in [0, 0.05) is 14.2 Å². The lowest BCUT2D eigenvalue weighted by Gasteiger charge is -2.32. The van der Waals surface area contributed by atoms with Crippen LogP contribution in [0.2, 0.25) is 0 Å². The molecule has 0 heterocycles. The Balaban J connectivity index is 2.25. The van der Waals surface area contributed by atoms with Crippen LogP contribution in [0.3, 0.4) is 0 Å². The number of rotatable bonds is 2. The van der Waals surface area contributed by atoms with E-state index in [1.54, 1.807) is 14.2 Å². The normalized spacial score (nSPS) is 21.2. The van der Waals surface area contributed by atoms with Crippen molar-refractivity contribution in [3.05, 3.63) is 70.8 Å². The van der Waals surface area contributed by atoms with Gasteiger partial charge in [-0.05, 0) is 22.3 Å². The maximum atomic E-state index is 5.68. The Morgan fingerprint density at radius 3 is 1.11 bits per heavy atom. The van der Waals surface area contributed by atoms with Crippen molar-refractivity contribution < 1.29 is 9.47 Å². The summed E-state index contributed by atoms with van der Waals surface area (Å²) in [5.41, 5.74) is 4.80. The molecule has 0 unspecified atom stereocenters. The van der Waals surface area contributed by atoms with Crippen molar-refractivity contribution in [1.82, 2.24) is 0 Å². The van der Waals surface area contributed by atoms with E-state index in [-0.39, 0.29) is 12.2 Å². The van der Waals surface area contributed by atoms with Crippen LogP contribution in [0.5, 0.6) is 0 Å².